The second kappa shape index (κ2) is 2.36. The van der Waals surface area contributed by atoms with Crippen molar-refractivity contribution in [3.05, 3.63) is 17.3 Å². The molecule has 0 radical (unpaired) electrons. The summed E-state index contributed by atoms with van der Waals surface area (Å²) in [4.78, 5) is 9.12. The molecule has 0 atom stereocenters. The van der Waals surface area contributed by atoms with Gasteiger partial charge in [-0.25, -0.2) is 4.98 Å². The number of nitrogens with zero attached hydrogens (tertiary/aromatic N) is 2. The highest BCUT2D eigenvalue weighted by Crippen LogP contribution is 2.21. The number of aromatic nitrogens is 2. The highest BCUT2D eigenvalue weighted by Gasteiger charge is 2.01. The number of imidazole rings is 1. The van der Waals surface area contributed by atoms with Crippen molar-refractivity contribution in [3.8, 4) is 6.07 Å². The van der Waals surface area contributed by atoms with Crippen LogP contribution in [-0.4, -0.2) is 9.97 Å². The number of thiophene rings is 1. The van der Waals surface area contributed by atoms with Gasteiger partial charge in [0.05, 0.1) is 24.3 Å². The van der Waals surface area contributed by atoms with Gasteiger partial charge in [-0.3, -0.25) is 0 Å². The Kier molecular flexibility index (Phi) is 1.37. The molecule has 0 amide bonds. The molecule has 4 heteroatoms. The molecule has 0 aliphatic rings. The first kappa shape index (κ1) is 6.38. The topological polar surface area (TPSA) is 52.5 Å². The van der Waals surface area contributed by atoms with Gasteiger partial charge in [-0.15, -0.1) is 11.3 Å². The first-order valence-electron chi connectivity index (χ1n) is 3.19. The van der Waals surface area contributed by atoms with E-state index in [1.54, 1.807) is 17.7 Å². The molecule has 0 saturated heterocycles. The molecule has 2 aromatic rings. The summed E-state index contributed by atoms with van der Waals surface area (Å²) >= 11 is 1.56. The van der Waals surface area contributed by atoms with Crippen LogP contribution < -0.4 is 0 Å². The fourth-order valence-corrected chi connectivity index (χ4v) is 1.85. The van der Waals surface area contributed by atoms with Crippen LogP contribution in [0.3, 0.4) is 0 Å². The lowest BCUT2D eigenvalue weighted by Crippen LogP contribution is -1.69. The molecule has 0 fully saturated rings. The van der Waals surface area contributed by atoms with Crippen molar-refractivity contribution in [3.63, 3.8) is 0 Å². The zero-order valence-electron chi connectivity index (χ0n) is 5.66. The third-order valence-corrected chi connectivity index (χ3v) is 2.46. The van der Waals surface area contributed by atoms with Crippen LogP contribution in [-0.2, 0) is 6.42 Å². The lowest BCUT2D eigenvalue weighted by atomic mass is 10.4. The first-order valence-corrected chi connectivity index (χ1v) is 4.00. The Morgan fingerprint density at radius 1 is 1.73 bits per heavy atom. The van der Waals surface area contributed by atoms with E-state index >= 15 is 0 Å². The maximum Gasteiger partial charge on any atom is 0.141 e. The minimum atomic E-state index is 0.481. The molecule has 0 saturated carbocycles. The van der Waals surface area contributed by atoms with Crippen LogP contribution in [0.2, 0.25) is 0 Å². The second-order valence-corrected chi connectivity index (χ2v) is 3.28. The quantitative estimate of drug-likeness (QED) is 0.695. The van der Waals surface area contributed by atoms with E-state index in [9.17, 15) is 0 Å². The summed E-state index contributed by atoms with van der Waals surface area (Å²) in [6.07, 6.45) is 2.15. The van der Waals surface area contributed by atoms with Crippen LogP contribution in [0, 0.1) is 11.3 Å². The van der Waals surface area contributed by atoms with Crippen molar-refractivity contribution in [1.82, 2.24) is 9.97 Å². The second-order valence-electron chi connectivity index (χ2n) is 2.17. The van der Waals surface area contributed by atoms with E-state index in [0.717, 1.165) is 15.2 Å². The molecule has 0 aliphatic heterocycles. The standard InChI is InChI=1S/C7H5N3S/c8-2-1-5-3-6-7(11-5)10-4-9-6/h3-4H,1H2,(H,9,10). The van der Waals surface area contributed by atoms with Crippen molar-refractivity contribution < 1.29 is 0 Å². The lowest BCUT2D eigenvalue weighted by molar-refractivity contribution is 1.31. The molecule has 0 unspecified atom stereocenters. The van der Waals surface area contributed by atoms with Gasteiger partial charge in [-0.05, 0) is 6.07 Å². The molecule has 11 heavy (non-hydrogen) atoms. The van der Waals surface area contributed by atoms with Crippen LogP contribution in [0.1, 0.15) is 4.88 Å². The maximum atomic E-state index is 8.41. The number of hydrogen-bond donors (Lipinski definition) is 1. The Bertz CT molecular complexity index is 378. The van der Waals surface area contributed by atoms with Crippen LogP contribution in [0.4, 0.5) is 0 Å². The summed E-state index contributed by atoms with van der Waals surface area (Å²) in [6, 6.07) is 4.07. The Hall–Kier alpha value is -1.34. The number of nitrogens with one attached hydrogen (secondary N) is 1. The predicted octanol–water partition coefficient (Wildman–Crippen LogP) is 1.69. The first-order chi connectivity index (χ1) is 5.40. The van der Waals surface area contributed by atoms with E-state index in [-0.39, 0.29) is 0 Å². The Balaban J connectivity index is 2.52. The smallest absolute Gasteiger partial charge is 0.141 e. The van der Waals surface area contributed by atoms with Gasteiger partial charge in [0.15, 0.2) is 0 Å². The van der Waals surface area contributed by atoms with Crippen LogP contribution >= 0.6 is 11.3 Å². The highest BCUT2D eigenvalue weighted by atomic mass is 32.1. The molecule has 2 aromatic heterocycles. The number of hydrogen-bond acceptors (Lipinski definition) is 3. The maximum absolute atomic E-state index is 8.41. The number of fused-ring (bicyclic) bond motifs is 1. The molecule has 54 valence electrons. The third kappa shape index (κ3) is 0.994. The van der Waals surface area contributed by atoms with Crippen molar-refractivity contribution in [2.75, 3.05) is 0 Å². The largest absolute Gasteiger partial charge is 0.344 e. The average Bonchev–Trinajstić information content (AvgIpc) is 2.46. The van der Waals surface area contributed by atoms with Crippen molar-refractivity contribution in [2.45, 2.75) is 6.42 Å². The van der Waals surface area contributed by atoms with Gasteiger partial charge in [0, 0.05) is 4.88 Å². The summed E-state index contributed by atoms with van der Waals surface area (Å²) in [5.74, 6) is 0. The predicted molar refractivity (Wildman–Crippen MR) is 43.3 cm³/mol. The summed E-state index contributed by atoms with van der Waals surface area (Å²) < 4.78 is 0. The highest BCUT2D eigenvalue weighted by molar-refractivity contribution is 7.18. The minimum absolute atomic E-state index is 0.481. The monoisotopic (exact) mass is 163 g/mol. The van der Waals surface area contributed by atoms with E-state index in [1.165, 1.54) is 0 Å². The van der Waals surface area contributed by atoms with E-state index in [2.05, 4.69) is 16.0 Å². The van der Waals surface area contributed by atoms with Crippen LogP contribution in [0.5, 0.6) is 0 Å². The molecular weight excluding hydrogens is 158 g/mol. The molecule has 2 rings (SSSR count). The van der Waals surface area contributed by atoms with Crippen LogP contribution in [0.15, 0.2) is 12.4 Å². The van der Waals surface area contributed by atoms with Crippen molar-refractivity contribution >= 4 is 21.7 Å². The van der Waals surface area contributed by atoms with E-state index in [0.29, 0.717) is 6.42 Å². The van der Waals surface area contributed by atoms with E-state index in [4.69, 9.17) is 5.26 Å². The molecule has 0 spiro atoms. The lowest BCUT2D eigenvalue weighted by Gasteiger charge is -1.78. The van der Waals surface area contributed by atoms with Gasteiger partial charge >= 0.3 is 0 Å². The van der Waals surface area contributed by atoms with Crippen LogP contribution in [0.25, 0.3) is 10.3 Å². The third-order valence-electron chi connectivity index (χ3n) is 1.42. The Labute approximate surface area is 67.3 Å². The minimum Gasteiger partial charge on any atom is -0.344 e. The van der Waals surface area contributed by atoms with Gasteiger partial charge in [-0.1, -0.05) is 0 Å². The summed E-state index contributed by atoms with van der Waals surface area (Å²) in [5, 5.41) is 8.41. The molecule has 0 aromatic carbocycles. The Morgan fingerprint density at radius 2 is 2.64 bits per heavy atom. The number of aromatic amines is 1. The van der Waals surface area contributed by atoms with E-state index < -0.39 is 0 Å². The van der Waals surface area contributed by atoms with Gasteiger partial charge in [-0.2, -0.15) is 5.26 Å². The number of rotatable bonds is 1. The summed E-state index contributed by atoms with van der Waals surface area (Å²) in [6.45, 7) is 0. The summed E-state index contributed by atoms with van der Waals surface area (Å²) in [7, 11) is 0. The van der Waals surface area contributed by atoms with Crippen molar-refractivity contribution in [1.29, 1.82) is 5.26 Å². The van der Waals surface area contributed by atoms with E-state index in [1.807, 2.05) is 6.07 Å². The van der Waals surface area contributed by atoms with Crippen molar-refractivity contribution in [2.24, 2.45) is 0 Å². The molecule has 3 nitrogen and oxygen atoms in total. The fraction of sp³-hybridized carbons (Fsp3) is 0.143. The Morgan fingerprint density at radius 3 is 3.36 bits per heavy atom. The van der Waals surface area contributed by atoms with Gasteiger partial charge < -0.3 is 4.98 Å². The zero-order chi connectivity index (χ0) is 7.68. The van der Waals surface area contributed by atoms with Gasteiger partial charge in [0.1, 0.15) is 4.83 Å². The van der Waals surface area contributed by atoms with Gasteiger partial charge in [0.25, 0.3) is 0 Å². The number of H-pyrrole nitrogens is 1. The zero-order valence-corrected chi connectivity index (χ0v) is 6.48. The SMILES string of the molecule is N#CCc1cc2[nH]cnc2s1. The number of nitriles is 1. The molecule has 0 bridgehead atoms. The summed E-state index contributed by atoms with van der Waals surface area (Å²) in [5.41, 5.74) is 1.03. The molecule has 2 heterocycles. The average molecular weight is 163 g/mol. The molecular formula is C7H5N3S. The fourth-order valence-electron chi connectivity index (χ4n) is 0.956. The molecule has 1 N–H and O–H groups in total. The molecule has 0 aliphatic carbocycles. The van der Waals surface area contributed by atoms with Gasteiger partial charge in [0.2, 0.25) is 0 Å². The normalized spacial score (nSPS) is 10.1.